The van der Waals surface area contributed by atoms with Gasteiger partial charge in [-0.3, -0.25) is 19.3 Å². The van der Waals surface area contributed by atoms with Gasteiger partial charge in [0.2, 0.25) is 18.6 Å². The lowest BCUT2D eigenvalue weighted by atomic mass is 10.1. The monoisotopic (exact) mass is 584 g/mol. The number of fused-ring (bicyclic) bond motifs is 4. The van der Waals surface area contributed by atoms with E-state index in [1.807, 2.05) is 79.7 Å². The molecular formula is C30H28N6O5S. The van der Waals surface area contributed by atoms with Crippen molar-refractivity contribution in [1.29, 1.82) is 0 Å². The highest BCUT2D eigenvalue weighted by Gasteiger charge is 2.42. The van der Waals surface area contributed by atoms with E-state index in [-0.39, 0.29) is 37.3 Å². The molecule has 0 radical (unpaired) electrons. The molecule has 3 heterocycles. The number of thioether (sulfide) groups is 1. The Labute approximate surface area is 246 Å². The summed E-state index contributed by atoms with van der Waals surface area (Å²) in [6.07, 6.45) is -0.122. The molecule has 42 heavy (non-hydrogen) atoms. The zero-order valence-corrected chi connectivity index (χ0v) is 23.8. The first-order valence-electron chi connectivity index (χ1n) is 13.3. The molecule has 2 N–H and O–H groups in total. The number of aliphatic imine (C=N–C) groups is 2. The number of hydrogen-bond acceptors (Lipinski definition) is 9. The molecule has 0 aliphatic carbocycles. The molecule has 3 aromatic rings. The summed E-state index contributed by atoms with van der Waals surface area (Å²) in [5.74, 6) is 0.810. The first kappa shape index (κ1) is 27.3. The van der Waals surface area contributed by atoms with Crippen molar-refractivity contribution in [3.8, 4) is 11.5 Å². The van der Waals surface area contributed by atoms with E-state index in [1.165, 1.54) is 11.8 Å². The van der Waals surface area contributed by atoms with Crippen LogP contribution in [0.5, 0.6) is 11.5 Å². The summed E-state index contributed by atoms with van der Waals surface area (Å²) in [5, 5.41) is 6.21. The summed E-state index contributed by atoms with van der Waals surface area (Å²) in [6, 6.07) is 19.5. The first-order chi connectivity index (χ1) is 20.4. The maximum atomic E-state index is 13.1. The van der Waals surface area contributed by atoms with Gasteiger partial charge in [0.1, 0.15) is 11.9 Å². The summed E-state index contributed by atoms with van der Waals surface area (Å²) in [6.45, 7) is 0.433. The molecule has 3 amide bonds. The predicted molar refractivity (Wildman–Crippen MR) is 162 cm³/mol. The smallest absolute Gasteiger partial charge is 0.271 e. The fourth-order valence-corrected chi connectivity index (χ4v) is 5.62. The van der Waals surface area contributed by atoms with Crippen LogP contribution in [0.25, 0.3) is 0 Å². The van der Waals surface area contributed by atoms with Crippen LogP contribution in [0, 0.1) is 0 Å². The van der Waals surface area contributed by atoms with Crippen LogP contribution >= 0.6 is 11.8 Å². The number of nitrogens with zero attached hydrogens (tertiary/aromatic N) is 4. The molecule has 0 saturated heterocycles. The molecule has 0 aromatic heterocycles. The van der Waals surface area contributed by atoms with Crippen LogP contribution in [-0.4, -0.2) is 66.3 Å². The highest BCUT2D eigenvalue weighted by molar-refractivity contribution is 8.14. The van der Waals surface area contributed by atoms with Crippen LogP contribution in [0.1, 0.15) is 17.5 Å². The van der Waals surface area contributed by atoms with Crippen molar-refractivity contribution in [3.63, 3.8) is 0 Å². The Balaban J connectivity index is 1.14. The zero-order chi connectivity index (χ0) is 29.2. The SMILES string of the molecule is CN(C)c1ccc(NC(=O)CSC2=Nc3ccccc3C3=NC(=O)C(CC(=O)NCc4ccc5c(c4)OCO5)N23)cc1. The lowest BCUT2D eigenvalue weighted by Gasteiger charge is -2.30. The number of hydrogen-bond donors (Lipinski definition) is 2. The van der Waals surface area contributed by atoms with Crippen molar-refractivity contribution in [1.82, 2.24) is 10.2 Å². The van der Waals surface area contributed by atoms with E-state index in [1.54, 1.807) is 11.0 Å². The summed E-state index contributed by atoms with van der Waals surface area (Å²) in [7, 11) is 3.90. The minimum absolute atomic E-state index is 0.0530. The lowest BCUT2D eigenvalue weighted by molar-refractivity contribution is -0.126. The number of carbonyl (C=O) groups is 3. The summed E-state index contributed by atoms with van der Waals surface area (Å²) in [4.78, 5) is 51.6. The third kappa shape index (κ3) is 5.66. The third-order valence-electron chi connectivity index (χ3n) is 6.91. The van der Waals surface area contributed by atoms with Crippen molar-refractivity contribution in [2.75, 3.05) is 36.9 Å². The quantitative estimate of drug-likeness (QED) is 0.412. The Morgan fingerprint density at radius 2 is 1.79 bits per heavy atom. The Morgan fingerprint density at radius 1 is 1.00 bits per heavy atom. The van der Waals surface area contributed by atoms with Crippen molar-refractivity contribution in [3.05, 3.63) is 77.9 Å². The maximum absolute atomic E-state index is 13.1. The number of benzene rings is 3. The normalized spacial score (nSPS) is 16.3. The van der Waals surface area contributed by atoms with Gasteiger partial charge in [-0.1, -0.05) is 30.0 Å². The van der Waals surface area contributed by atoms with E-state index in [9.17, 15) is 14.4 Å². The molecule has 6 rings (SSSR count). The Hall–Kier alpha value is -4.84. The number of nitrogens with one attached hydrogen (secondary N) is 2. The molecule has 3 aliphatic heterocycles. The summed E-state index contributed by atoms with van der Waals surface area (Å²) >= 11 is 1.19. The van der Waals surface area contributed by atoms with Gasteiger partial charge in [-0.2, -0.15) is 4.99 Å². The van der Waals surface area contributed by atoms with E-state index in [0.29, 0.717) is 39.4 Å². The first-order valence-corrected chi connectivity index (χ1v) is 14.3. The van der Waals surface area contributed by atoms with Gasteiger partial charge < -0.3 is 25.0 Å². The van der Waals surface area contributed by atoms with Crippen molar-refractivity contribution in [2.24, 2.45) is 9.98 Å². The van der Waals surface area contributed by atoms with Gasteiger partial charge in [0.05, 0.1) is 17.9 Å². The van der Waals surface area contributed by atoms with E-state index in [2.05, 4.69) is 15.6 Å². The molecule has 3 aromatic carbocycles. The topological polar surface area (TPSA) is 125 Å². The summed E-state index contributed by atoms with van der Waals surface area (Å²) in [5.41, 5.74) is 3.89. The van der Waals surface area contributed by atoms with E-state index in [4.69, 9.17) is 14.5 Å². The molecular weight excluding hydrogens is 556 g/mol. The molecule has 0 fully saturated rings. The van der Waals surface area contributed by atoms with Crippen LogP contribution in [0.15, 0.2) is 76.7 Å². The van der Waals surface area contributed by atoms with Crippen LogP contribution in [0.4, 0.5) is 17.1 Å². The fourth-order valence-electron chi connectivity index (χ4n) is 4.77. The number of ether oxygens (including phenoxy) is 2. The molecule has 0 bridgehead atoms. The van der Waals surface area contributed by atoms with Gasteiger partial charge in [-0.05, 0) is 54.1 Å². The van der Waals surface area contributed by atoms with Crippen LogP contribution in [0.3, 0.4) is 0 Å². The highest BCUT2D eigenvalue weighted by atomic mass is 32.2. The summed E-state index contributed by atoms with van der Waals surface area (Å²) < 4.78 is 10.7. The lowest BCUT2D eigenvalue weighted by Crippen LogP contribution is -2.46. The van der Waals surface area contributed by atoms with Gasteiger partial charge >= 0.3 is 0 Å². The minimum atomic E-state index is -0.877. The molecule has 1 atom stereocenters. The van der Waals surface area contributed by atoms with Crippen LogP contribution in [0.2, 0.25) is 0 Å². The van der Waals surface area contributed by atoms with E-state index >= 15 is 0 Å². The van der Waals surface area contributed by atoms with Gasteiger partial charge in [-0.25, -0.2) is 4.99 Å². The fraction of sp³-hybridized carbons (Fsp3) is 0.233. The zero-order valence-electron chi connectivity index (χ0n) is 23.0. The number of rotatable bonds is 8. The van der Waals surface area contributed by atoms with Crippen LogP contribution in [-0.2, 0) is 20.9 Å². The molecule has 12 heteroatoms. The average Bonchev–Trinajstić information content (AvgIpc) is 3.59. The van der Waals surface area contributed by atoms with E-state index < -0.39 is 11.9 Å². The Kier molecular flexibility index (Phi) is 7.53. The Morgan fingerprint density at radius 3 is 2.60 bits per heavy atom. The minimum Gasteiger partial charge on any atom is -0.454 e. The second-order valence-corrected chi connectivity index (χ2v) is 11.0. The third-order valence-corrected chi connectivity index (χ3v) is 7.87. The largest absolute Gasteiger partial charge is 0.454 e. The van der Waals surface area contributed by atoms with Crippen molar-refractivity contribution >= 4 is 57.5 Å². The van der Waals surface area contributed by atoms with Crippen LogP contribution < -0.4 is 25.0 Å². The second-order valence-electron chi connectivity index (χ2n) is 10.0. The second kappa shape index (κ2) is 11.6. The van der Waals surface area contributed by atoms with Gasteiger partial charge in [0.15, 0.2) is 16.7 Å². The van der Waals surface area contributed by atoms with E-state index in [0.717, 1.165) is 11.3 Å². The van der Waals surface area contributed by atoms with Gasteiger partial charge in [0.25, 0.3) is 5.91 Å². The van der Waals surface area contributed by atoms with Crippen molar-refractivity contribution < 1.29 is 23.9 Å². The van der Waals surface area contributed by atoms with Gasteiger partial charge in [-0.15, -0.1) is 0 Å². The molecule has 214 valence electrons. The van der Waals surface area contributed by atoms with Gasteiger partial charge in [0, 0.05) is 37.6 Å². The molecule has 11 nitrogen and oxygen atoms in total. The predicted octanol–water partition coefficient (Wildman–Crippen LogP) is 3.52. The number of carbonyl (C=O) groups excluding carboxylic acids is 3. The highest BCUT2D eigenvalue weighted by Crippen LogP contribution is 2.35. The molecule has 3 aliphatic rings. The number of anilines is 2. The molecule has 1 unspecified atom stereocenters. The average molecular weight is 585 g/mol. The Bertz CT molecular complexity index is 1620. The molecule has 0 spiro atoms. The number of amidine groups is 2. The number of para-hydroxylation sites is 1. The van der Waals surface area contributed by atoms with Crippen molar-refractivity contribution in [2.45, 2.75) is 19.0 Å². The number of amides is 3. The maximum Gasteiger partial charge on any atom is 0.271 e. The molecule has 0 saturated carbocycles. The standard InChI is InChI=1S/C30H28N6O5S/c1-35(2)20-10-8-19(9-11-20)32-27(38)16-42-30-33-22-6-4-3-5-21(22)28-34-29(39)23(36(28)30)14-26(37)31-15-18-7-12-24-25(13-18)41-17-40-24/h3-13,23H,14-17H2,1-2H3,(H,31,37)(H,32,38).